The van der Waals surface area contributed by atoms with Gasteiger partial charge in [-0.05, 0) is 34.5 Å². The molecule has 0 aromatic heterocycles. The summed E-state index contributed by atoms with van der Waals surface area (Å²) in [6, 6.07) is 3.21. The molecule has 0 spiro atoms. The van der Waals surface area contributed by atoms with Crippen molar-refractivity contribution in [1.29, 1.82) is 0 Å². The van der Waals surface area contributed by atoms with E-state index in [9.17, 15) is 9.18 Å². The summed E-state index contributed by atoms with van der Waals surface area (Å²) in [7, 11) is 0. The van der Waals surface area contributed by atoms with E-state index in [-0.39, 0.29) is 16.7 Å². The van der Waals surface area contributed by atoms with Gasteiger partial charge in [0, 0.05) is 0 Å². The monoisotopic (exact) mass is 308 g/mol. The lowest BCUT2D eigenvalue weighted by Crippen LogP contribution is -2.04. The highest BCUT2D eigenvalue weighted by Gasteiger charge is 2.13. The average molecular weight is 310 g/mol. The first-order valence-corrected chi connectivity index (χ1v) is 5.53. The van der Waals surface area contributed by atoms with Crippen LogP contribution in [-0.2, 0) is 0 Å². The Morgan fingerprint density at radius 2 is 2.15 bits per heavy atom. The summed E-state index contributed by atoms with van der Waals surface area (Å²) < 4.78 is 13.8. The Morgan fingerprint density at radius 1 is 1.54 bits per heavy atom. The van der Waals surface area contributed by atoms with E-state index in [1.54, 1.807) is 13.0 Å². The van der Waals surface area contributed by atoms with Crippen LogP contribution in [0.5, 0.6) is 0 Å². The van der Waals surface area contributed by atoms with Crippen molar-refractivity contribution in [1.82, 2.24) is 0 Å². The van der Waals surface area contributed by atoms with Gasteiger partial charge in [0.15, 0.2) is 5.78 Å². The predicted molar refractivity (Wildman–Crippen MR) is 57.0 cm³/mol. The summed E-state index contributed by atoms with van der Waals surface area (Å²) in [4.78, 5) is 11.2. The minimum absolute atomic E-state index is 0.120. The molecule has 0 N–H and O–H groups in total. The van der Waals surface area contributed by atoms with Crippen LogP contribution in [0.3, 0.4) is 0 Å². The summed E-state index contributed by atoms with van der Waals surface area (Å²) in [6.45, 7) is 1.77. The maximum atomic E-state index is 13.4. The zero-order valence-electron chi connectivity index (χ0n) is 6.90. The van der Waals surface area contributed by atoms with Gasteiger partial charge in [-0.3, -0.25) is 4.79 Å². The number of hydrogen-bond acceptors (Lipinski definition) is 1. The number of halogens is 3. The number of carbonyl (C=O) groups excluding carboxylic acids is 1. The van der Waals surface area contributed by atoms with Crippen molar-refractivity contribution in [3.63, 3.8) is 0 Å². The molecule has 0 atom stereocenters. The van der Waals surface area contributed by atoms with Crippen molar-refractivity contribution < 1.29 is 9.18 Å². The summed E-state index contributed by atoms with van der Waals surface area (Å²) in [5.41, 5.74) is 0.901. The molecule has 0 amide bonds. The van der Waals surface area contributed by atoms with Crippen LogP contribution >= 0.6 is 31.9 Å². The molecule has 0 aliphatic carbocycles. The Balaban J connectivity index is 3.26. The van der Waals surface area contributed by atoms with Gasteiger partial charge in [-0.2, -0.15) is 0 Å². The van der Waals surface area contributed by atoms with Gasteiger partial charge < -0.3 is 0 Å². The molecule has 0 aliphatic heterocycles. The fraction of sp³-hybridized carbons (Fsp3) is 0.222. The number of aryl methyl sites for hydroxylation is 1. The number of alkyl halides is 1. The Morgan fingerprint density at radius 3 is 2.69 bits per heavy atom. The summed E-state index contributed by atoms with van der Waals surface area (Å²) in [5.74, 6) is -0.734. The molecule has 0 radical (unpaired) electrons. The topological polar surface area (TPSA) is 17.1 Å². The quantitative estimate of drug-likeness (QED) is 0.604. The number of ketones is 1. The second kappa shape index (κ2) is 4.33. The lowest BCUT2D eigenvalue weighted by atomic mass is 10.1. The van der Waals surface area contributed by atoms with Crippen molar-refractivity contribution >= 4 is 37.6 Å². The molecule has 0 bridgehead atoms. The lowest BCUT2D eigenvalue weighted by molar-refractivity contribution is 0.102. The van der Waals surface area contributed by atoms with Crippen molar-refractivity contribution in [3.8, 4) is 0 Å². The molecule has 0 fully saturated rings. The van der Waals surface area contributed by atoms with Gasteiger partial charge in [0.05, 0.1) is 15.4 Å². The van der Waals surface area contributed by atoms with E-state index in [1.165, 1.54) is 6.07 Å². The van der Waals surface area contributed by atoms with Crippen LogP contribution in [0, 0.1) is 12.7 Å². The van der Waals surface area contributed by atoms with E-state index in [0.717, 1.165) is 5.56 Å². The van der Waals surface area contributed by atoms with Crippen LogP contribution in [0.1, 0.15) is 15.9 Å². The predicted octanol–water partition coefficient (Wildman–Crippen LogP) is 3.47. The van der Waals surface area contributed by atoms with E-state index in [2.05, 4.69) is 31.9 Å². The third kappa shape index (κ3) is 2.17. The van der Waals surface area contributed by atoms with Gasteiger partial charge in [-0.25, -0.2) is 4.39 Å². The van der Waals surface area contributed by atoms with Crippen LogP contribution < -0.4 is 0 Å². The van der Waals surface area contributed by atoms with Gasteiger partial charge in [0.1, 0.15) is 5.82 Å². The molecule has 0 saturated carbocycles. The van der Waals surface area contributed by atoms with Gasteiger partial charge >= 0.3 is 0 Å². The largest absolute Gasteiger partial charge is 0.293 e. The molecule has 1 rings (SSSR count). The van der Waals surface area contributed by atoms with Gasteiger partial charge in [0.2, 0.25) is 0 Å². The number of hydrogen-bond donors (Lipinski definition) is 0. The van der Waals surface area contributed by atoms with Crippen molar-refractivity contribution in [2.45, 2.75) is 6.92 Å². The summed E-state index contributed by atoms with van der Waals surface area (Å²) in [6.07, 6.45) is 0. The molecule has 1 aromatic rings. The summed E-state index contributed by atoms with van der Waals surface area (Å²) in [5, 5.41) is 0.138. The fourth-order valence-electron chi connectivity index (χ4n) is 0.933. The molecule has 0 unspecified atom stereocenters. The Bertz CT molecular complexity index is 350. The van der Waals surface area contributed by atoms with Crippen LogP contribution in [0.4, 0.5) is 4.39 Å². The van der Waals surface area contributed by atoms with Gasteiger partial charge in [-0.15, -0.1) is 0 Å². The maximum Gasteiger partial charge on any atom is 0.176 e. The minimum Gasteiger partial charge on any atom is -0.293 e. The van der Waals surface area contributed by atoms with Gasteiger partial charge in [0.25, 0.3) is 0 Å². The zero-order valence-corrected chi connectivity index (χ0v) is 10.1. The van der Waals surface area contributed by atoms with E-state index < -0.39 is 5.82 Å². The molecular weight excluding hydrogens is 303 g/mol. The van der Waals surface area contributed by atoms with Crippen molar-refractivity contribution in [2.75, 3.05) is 5.33 Å². The highest BCUT2D eigenvalue weighted by atomic mass is 79.9. The first-order chi connectivity index (χ1) is 6.07. The maximum absolute atomic E-state index is 13.4. The second-order valence-electron chi connectivity index (χ2n) is 2.61. The van der Waals surface area contributed by atoms with E-state index >= 15 is 0 Å². The minimum atomic E-state index is -0.482. The highest BCUT2D eigenvalue weighted by molar-refractivity contribution is 9.10. The van der Waals surface area contributed by atoms with Crippen LogP contribution in [0.25, 0.3) is 0 Å². The number of rotatable bonds is 2. The standard InChI is InChI=1S/C9H7Br2FO/c1-5-2-3-6(7(13)4-10)9(12)8(5)11/h2-3H,4H2,1H3. The molecule has 0 heterocycles. The van der Waals surface area contributed by atoms with Crippen LogP contribution in [-0.4, -0.2) is 11.1 Å². The molecule has 0 saturated heterocycles. The molecule has 1 nitrogen and oxygen atoms in total. The second-order valence-corrected chi connectivity index (χ2v) is 3.97. The molecule has 4 heteroatoms. The molecule has 0 aliphatic rings. The Hall–Kier alpha value is -0.220. The third-order valence-electron chi connectivity index (χ3n) is 1.70. The number of benzene rings is 1. The molecule has 70 valence electrons. The first-order valence-electron chi connectivity index (χ1n) is 3.61. The normalized spacial score (nSPS) is 10.2. The SMILES string of the molecule is Cc1ccc(C(=O)CBr)c(F)c1Br. The molecular formula is C9H7Br2FO. The Kier molecular flexibility index (Phi) is 3.62. The zero-order chi connectivity index (χ0) is 10.0. The van der Waals surface area contributed by atoms with Gasteiger partial charge in [-0.1, -0.05) is 22.0 Å². The van der Waals surface area contributed by atoms with Crippen molar-refractivity contribution in [2.24, 2.45) is 0 Å². The highest BCUT2D eigenvalue weighted by Crippen LogP contribution is 2.23. The van der Waals surface area contributed by atoms with Crippen molar-refractivity contribution in [3.05, 3.63) is 33.5 Å². The molecule has 13 heavy (non-hydrogen) atoms. The third-order valence-corrected chi connectivity index (χ3v) is 3.18. The molecule has 1 aromatic carbocycles. The van der Waals surface area contributed by atoms with E-state index in [0.29, 0.717) is 4.47 Å². The lowest BCUT2D eigenvalue weighted by Gasteiger charge is -2.04. The van der Waals surface area contributed by atoms with Crippen LogP contribution in [0.15, 0.2) is 16.6 Å². The average Bonchev–Trinajstić information content (AvgIpc) is 2.13. The smallest absolute Gasteiger partial charge is 0.176 e. The number of carbonyl (C=O) groups is 1. The van der Waals surface area contributed by atoms with E-state index in [1.807, 2.05) is 0 Å². The fourth-order valence-corrected chi connectivity index (χ4v) is 1.58. The number of Topliss-reactive ketones (excluding diaryl/α,β-unsaturated/α-hetero) is 1. The Labute approximate surface area is 92.6 Å². The van der Waals surface area contributed by atoms with Crippen LogP contribution in [0.2, 0.25) is 0 Å². The summed E-state index contributed by atoms with van der Waals surface area (Å²) >= 11 is 6.08. The van der Waals surface area contributed by atoms with E-state index in [4.69, 9.17) is 0 Å². The first kappa shape index (κ1) is 10.9.